The van der Waals surface area contributed by atoms with Gasteiger partial charge in [0.15, 0.2) is 0 Å². The Kier molecular flexibility index (Phi) is 6.40. The average Bonchev–Trinajstić information content (AvgIpc) is 2.69. The Balaban J connectivity index is 1.44. The molecule has 2 aromatic rings. The SMILES string of the molecule is Cc1ccc(SCC(=O)N2CCN(C(=O)Nc3ccccc3)CC2)cc1C. The quantitative estimate of drug-likeness (QED) is 0.818. The molecular formula is C21H25N3O2S. The molecule has 0 atom stereocenters. The van der Waals surface area contributed by atoms with Gasteiger partial charge >= 0.3 is 6.03 Å². The summed E-state index contributed by atoms with van der Waals surface area (Å²) >= 11 is 1.57. The van der Waals surface area contributed by atoms with Gasteiger partial charge in [0.1, 0.15) is 0 Å². The van der Waals surface area contributed by atoms with Crippen molar-refractivity contribution < 1.29 is 9.59 Å². The minimum atomic E-state index is -0.113. The van der Waals surface area contributed by atoms with Crippen LogP contribution in [0.1, 0.15) is 11.1 Å². The fraction of sp³-hybridized carbons (Fsp3) is 0.333. The van der Waals surface area contributed by atoms with Crippen molar-refractivity contribution in [1.82, 2.24) is 9.80 Å². The molecule has 1 aliphatic heterocycles. The number of para-hydroxylation sites is 1. The zero-order valence-corrected chi connectivity index (χ0v) is 16.6. The lowest BCUT2D eigenvalue weighted by molar-refractivity contribution is -0.129. The van der Waals surface area contributed by atoms with E-state index in [1.807, 2.05) is 35.2 Å². The van der Waals surface area contributed by atoms with E-state index >= 15 is 0 Å². The molecule has 0 bridgehead atoms. The molecule has 2 aromatic carbocycles. The lowest BCUT2D eigenvalue weighted by Gasteiger charge is -2.34. The molecular weight excluding hydrogens is 358 g/mol. The van der Waals surface area contributed by atoms with Crippen LogP contribution in [0.3, 0.4) is 0 Å². The first-order valence-corrected chi connectivity index (χ1v) is 10.1. The molecule has 0 aromatic heterocycles. The van der Waals surface area contributed by atoms with E-state index < -0.39 is 0 Å². The van der Waals surface area contributed by atoms with Crippen molar-refractivity contribution in [1.29, 1.82) is 0 Å². The van der Waals surface area contributed by atoms with Crippen LogP contribution in [0.25, 0.3) is 0 Å². The van der Waals surface area contributed by atoms with Crippen LogP contribution in [-0.4, -0.2) is 53.7 Å². The largest absolute Gasteiger partial charge is 0.338 e. The second-order valence-corrected chi connectivity index (χ2v) is 7.75. The number of hydrogen-bond acceptors (Lipinski definition) is 3. The highest BCUT2D eigenvalue weighted by Gasteiger charge is 2.24. The van der Waals surface area contributed by atoms with E-state index in [4.69, 9.17) is 0 Å². The molecule has 1 heterocycles. The first-order chi connectivity index (χ1) is 13.0. The molecule has 0 saturated carbocycles. The smallest absolute Gasteiger partial charge is 0.321 e. The zero-order valence-electron chi connectivity index (χ0n) is 15.8. The number of amides is 3. The average molecular weight is 384 g/mol. The predicted octanol–water partition coefficient (Wildman–Crippen LogP) is 3.77. The second-order valence-electron chi connectivity index (χ2n) is 6.70. The maximum atomic E-state index is 12.5. The molecule has 27 heavy (non-hydrogen) atoms. The van der Waals surface area contributed by atoms with Crippen molar-refractivity contribution in [2.75, 3.05) is 37.2 Å². The van der Waals surface area contributed by atoms with E-state index in [0.29, 0.717) is 31.9 Å². The summed E-state index contributed by atoms with van der Waals surface area (Å²) in [5.41, 5.74) is 3.28. The lowest BCUT2D eigenvalue weighted by atomic mass is 10.1. The number of urea groups is 1. The van der Waals surface area contributed by atoms with Gasteiger partial charge in [0.25, 0.3) is 0 Å². The third-order valence-corrected chi connectivity index (χ3v) is 5.76. The first kappa shape index (κ1) is 19.3. The Morgan fingerprint density at radius 1 is 0.926 bits per heavy atom. The van der Waals surface area contributed by atoms with E-state index in [9.17, 15) is 9.59 Å². The zero-order chi connectivity index (χ0) is 19.2. The summed E-state index contributed by atoms with van der Waals surface area (Å²) in [5.74, 6) is 0.556. The summed E-state index contributed by atoms with van der Waals surface area (Å²) in [4.78, 5) is 29.5. The fourth-order valence-electron chi connectivity index (χ4n) is 2.92. The van der Waals surface area contributed by atoms with Gasteiger partial charge in [0.05, 0.1) is 5.75 Å². The Labute approximate surface area is 164 Å². The summed E-state index contributed by atoms with van der Waals surface area (Å²) in [7, 11) is 0. The number of piperazine rings is 1. The number of nitrogens with zero attached hydrogens (tertiary/aromatic N) is 2. The van der Waals surface area contributed by atoms with E-state index in [2.05, 4.69) is 37.4 Å². The molecule has 0 unspecified atom stereocenters. The van der Waals surface area contributed by atoms with Crippen molar-refractivity contribution in [3.63, 3.8) is 0 Å². The molecule has 142 valence electrons. The molecule has 1 N–H and O–H groups in total. The van der Waals surface area contributed by atoms with Crippen molar-refractivity contribution in [3.8, 4) is 0 Å². The number of aryl methyl sites for hydroxylation is 2. The number of anilines is 1. The fourth-order valence-corrected chi connectivity index (χ4v) is 3.82. The molecule has 5 nitrogen and oxygen atoms in total. The van der Waals surface area contributed by atoms with Crippen LogP contribution in [0, 0.1) is 13.8 Å². The lowest BCUT2D eigenvalue weighted by Crippen LogP contribution is -2.52. The number of thioether (sulfide) groups is 1. The summed E-state index contributed by atoms with van der Waals surface area (Å²) in [6, 6.07) is 15.6. The van der Waals surface area contributed by atoms with Gasteiger partial charge in [-0.25, -0.2) is 4.79 Å². The number of benzene rings is 2. The van der Waals surface area contributed by atoms with Gasteiger partial charge in [-0.1, -0.05) is 24.3 Å². The Morgan fingerprint density at radius 2 is 1.59 bits per heavy atom. The Hall–Kier alpha value is -2.47. The van der Waals surface area contributed by atoms with E-state index in [1.165, 1.54) is 11.1 Å². The first-order valence-electron chi connectivity index (χ1n) is 9.12. The van der Waals surface area contributed by atoms with Crippen molar-refractivity contribution >= 4 is 29.4 Å². The standard InChI is InChI=1S/C21H25N3O2S/c1-16-8-9-19(14-17(16)2)27-15-20(25)23-10-12-24(13-11-23)21(26)22-18-6-4-3-5-7-18/h3-9,14H,10-13,15H2,1-2H3,(H,22,26). The molecule has 3 amide bonds. The second kappa shape index (κ2) is 8.95. The molecule has 0 radical (unpaired) electrons. The van der Waals surface area contributed by atoms with Crippen molar-refractivity contribution in [3.05, 3.63) is 59.7 Å². The molecule has 0 aliphatic carbocycles. The third kappa shape index (κ3) is 5.26. The molecule has 1 aliphatic rings. The van der Waals surface area contributed by atoms with Crippen molar-refractivity contribution in [2.45, 2.75) is 18.7 Å². The van der Waals surface area contributed by atoms with Crippen LogP contribution in [0.15, 0.2) is 53.4 Å². The van der Waals surface area contributed by atoms with Crippen LogP contribution in [0.4, 0.5) is 10.5 Å². The van der Waals surface area contributed by atoms with Gasteiger partial charge in [-0.05, 0) is 49.2 Å². The van der Waals surface area contributed by atoms with Crippen LogP contribution in [-0.2, 0) is 4.79 Å². The highest BCUT2D eigenvalue weighted by Crippen LogP contribution is 2.21. The minimum Gasteiger partial charge on any atom is -0.338 e. The number of hydrogen-bond donors (Lipinski definition) is 1. The van der Waals surface area contributed by atoms with Crippen molar-refractivity contribution in [2.24, 2.45) is 0 Å². The summed E-state index contributed by atoms with van der Waals surface area (Å²) in [6.45, 7) is 6.43. The molecule has 1 fully saturated rings. The summed E-state index contributed by atoms with van der Waals surface area (Å²) < 4.78 is 0. The van der Waals surface area contributed by atoms with Crippen LogP contribution in [0.5, 0.6) is 0 Å². The van der Waals surface area contributed by atoms with Gasteiger partial charge in [0, 0.05) is 36.8 Å². The number of nitrogens with one attached hydrogen (secondary N) is 1. The van der Waals surface area contributed by atoms with E-state index in [1.54, 1.807) is 16.7 Å². The monoisotopic (exact) mass is 383 g/mol. The van der Waals surface area contributed by atoms with Gasteiger partial charge in [-0.3, -0.25) is 4.79 Å². The summed E-state index contributed by atoms with van der Waals surface area (Å²) in [5, 5.41) is 2.89. The van der Waals surface area contributed by atoms with Gasteiger partial charge in [-0.2, -0.15) is 0 Å². The topological polar surface area (TPSA) is 52.7 Å². The summed E-state index contributed by atoms with van der Waals surface area (Å²) in [6.07, 6.45) is 0. The van der Waals surface area contributed by atoms with Gasteiger partial charge < -0.3 is 15.1 Å². The molecule has 6 heteroatoms. The predicted molar refractivity (Wildman–Crippen MR) is 110 cm³/mol. The van der Waals surface area contributed by atoms with E-state index in [-0.39, 0.29) is 11.9 Å². The number of carbonyl (C=O) groups is 2. The van der Waals surface area contributed by atoms with Gasteiger partial charge in [-0.15, -0.1) is 11.8 Å². The molecule has 1 saturated heterocycles. The maximum absolute atomic E-state index is 12.5. The van der Waals surface area contributed by atoms with Gasteiger partial charge in [0.2, 0.25) is 5.91 Å². The minimum absolute atomic E-state index is 0.113. The maximum Gasteiger partial charge on any atom is 0.321 e. The highest BCUT2D eigenvalue weighted by molar-refractivity contribution is 8.00. The van der Waals surface area contributed by atoms with E-state index in [0.717, 1.165) is 10.6 Å². The third-order valence-electron chi connectivity index (χ3n) is 4.79. The number of rotatable bonds is 4. The van der Waals surface area contributed by atoms with Crippen LogP contribution < -0.4 is 5.32 Å². The Morgan fingerprint density at radius 3 is 2.26 bits per heavy atom. The molecule has 3 rings (SSSR count). The van der Waals surface area contributed by atoms with Crippen LogP contribution >= 0.6 is 11.8 Å². The number of carbonyl (C=O) groups excluding carboxylic acids is 2. The normalized spacial score (nSPS) is 14.1. The van der Waals surface area contributed by atoms with Crippen LogP contribution in [0.2, 0.25) is 0 Å². The Bertz CT molecular complexity index is 802. The molecule has 0 spiro atoms. The highest BCUT2D eigenvalue weighted by atomic mass is 32.2.